The van der Waals surface area contributed by atoms with Crippen molar-refractivity contribution in [3.63, 3.8) is 0 Å². The predicted molar refractivity (Wildman–Crippen MR) is 94.5 cm³/mol. The summed E-state index contributed by atoms with van der Waals surface area (Å²) in [5.74, 6) is 1.64. The van der Waals surface area contributed by atoms with Gasteiger partial charge in [-0.1, -0.05) is 18.2 Å². The molecule has 1 aromatic heterocycles. The van der Waals surface area contributed by atoms with Gasteiger partial charge in [0.25, 0.3) is 0 Å². The van der Waals surface area contributed by atoms with Crippen LogP contribution in [0.15, 0.2) is 42.6 Å². The quantitative estimate of drug-likeness (QED) is 0.828. The maximum atomic E-state index is 5.80. The molecule has 22 heavy (non-hydrogen) atoms. The summed E-state index contributed by atoms with van der Waals surface area (Å²) >= 11 is 5.29. The van der Waals surface area contributed by atoms with Crippen molar-refractivity contribution in [3.8, 4) is 5.75 Å². The number of benzene rings is 1. The van der Waals surface area contributed by atoms with E-state index in [-0.39, 0.29) is 6.04 Å². The second-order valence-corrected chi connectivity index (χ2v) is 5.70. The first-order valence-corrected chi connectivity index (χ1v) is 7.64. The van der Waals surface area contributed by atoms with Gasteiger partial charge in [0.1, 0.15) is 18.2 Å². The molecule has 2 N–H and O–H groups in total. The Hall–Kier alpha value is -2.14. The molecule has 0 fully saturated rings. The van der Waals surface area contributed by atoms with Gasteiger partial charge >= 0.3 is 0 Å². The summed E-state index contributed by atoms with van der Waals surface area (Å²) in [6.45, 7) is 6.61. The fraction of sp³-hybridized carbons (Fsp3) is 0.294. The van der Waals surface area contributed by atoms with E-state index >= 15 is 0 Å². The normalized spacial score (nSPS) is 11.6. The number of hydrogen-bond acceptors (Lipinski definition) is 3. The first-order valence-electron chi connectivity index (χ1n) is 7.23. The van der Waals surface area contributed by atoms with Crippen LogP contribution >= 0.6 is 12.2 Å². The topological polar surface area (TPSA) is 46.2 Å². The molecule has 0 unspecified atom stereocenters. The van der Waals surface area contributed by atoms with Crippen LogP contribution in [0.3, 0.4) is 0 Å². The second-order valence-electron chi connectivity index (χ2n) is 5.29. The zero-order chi connectivity index (χ0) is 15.9. The van der Waals surface area contributed by atoms with E-state index in [9.17, 15) is 0 Å². The molecule has 116 valence electrons. The van der Waals surface area contributed by atoms with Gasteiger partial charge in [0.05, 0.1) is 6.04 Å². The van der Waals surface area contributed by atoms with Crippen LogP contribution in [0.25, 0.3) is 0 Å². The number of thiocarbonyl (C=S) groups is 1. The Bertz CT molecular complexity index is 645. The molecule has 0 bridgehead atoms. The van der Waals surface area contributed by atoms with Crippen molar-refractivity contribution in [2.45, 2.75) is 26.8 Å². The average molecular weight is 315 g/mol. The van der Waals surface area contributed by atoms with Crippen molar-refractivity contribution in [2.24, 2.45) is 0 Å². The van der Waals surface area contributed by atoms with Crippen LogP contribution in [0, 0.1) is 13.8 Å². The van der Waals surface area contributed by atoms with Gasteiger partial charge in [-0.3, -0.25) is 0 Å². The predicted octanol–water partition coefficient (Wildman–Crippen LogP) is 3.45. The van der Waals surface area contributed by atoms with E-state index < -0.39 is 0 Å². The maximum Gasteiger partial charge on any atom is 0.172 e. The average Bonchev–Trinajstić information content (AvgIpc) is 2.46. The first kappa shape index (κ1) is 16.2. The zero-order valence-corrected chi connectivity index (χ0v) is 13.9. The standard InChI is InChI=1S/C17H21N3OS/c1-12-8-9-18-16(10-12)20-17(22)19-14(3)11-21-15-7-5-4-6-13(15)2/h4-10,14H,11H2,1-3H3,(H2,18,19,20,22)/t14-/m0/s1. The van der Waals surface area contributed by atoms with Crippen LogP contribution in [0.1, 0.15) is 18.1 Å². The number of ether oxygens (including phenoxy) is 1. The number of nitrogens with zero attached hydrogens (tertiary/aromatic N) is 1. The summed E-state index contributed by atoms with van der Waals surface area (Å²) in [7, 11) is 0. The van der Waals surface area contributed by atoms with Gasteiger partial charge < -0.3 is 15.4 Å². The molecular weight excluding hydrogens is 294 g/mol. The van der Waals surface area contributed by atoms with Crippen molar-refractivity contribution < 1.29 is 4.74 Å². The smallest absolute Gasteiger partial charge is 0.172 e. The fourth-order valence-electron chi connectivity index (χ4n) is 1.96. The molecule has 2 aromatic rings. The van der Waals surface area contributed by atoms with E-state index in [1.807, 2.05) is 57.2 Å². The van der Waals surface area contributed by atoms with Crippen LogP contribution in [-0.4, -0.2) is 22.7 Å². The molecule has 1 heterocycles. The van der Waals surface area contributed by atoms with Crippen molar-refractivity contribution in [2.75, 3.05) is 11.9 Å². The number of nitrogens with one attached hydrogen (secondary N) is 2. The summed E-state index contributed by atoms with van der Waals surface area (Å²) in [5, 5.41) is 6.81. The molecule has 0 aliphatic heterocycles. The van der Waals surface area contributed by atoms with E-state index in [2.05, 4.69) is 15.6 Å². The number of aromatic nitrogens is 1. The van der Waals surface area contributed by atoms with Crippen LogP contribution in [0.2, 0.25) is 0 Å². The number of rotatable bonds is 5. The summed E-state index contributed by atoms with van der Waals surface area (Å²) < 4.78 is 5.80. The molecule has 0 aliphatic rings. The molecule has 2 rings (SSSR count). The largest absolute Gasteiger partial charge is 0.491 e. The lowest BCUT2D eigenvalue weighted by molar-refractivity contribution is 0.285. The lowest BCUT2D eigenvalue weighted by Gasteiger charge is -2.18. The van der Waals surface area contributed by atoms with E-state index in [0.29, 0.717) is 11.7 Å². The van der Waals surface area contributed by atoms with Gasteiger partial charge in [0.2, 0.25) is 0 Å². The van der Waals surface area contributed by atoms with Crippen LogP contribution in [-0.2, 0) is 0 Å². The number of para-hydroxylation sites is 1. The minimum Gasteiger partial charge on any atom is -0.491 e. The third kappa shape index (κ3) is 5.00. The van der Waals surface area contributed by atoms with Crippen LogP contribution < -0.4 is 15.4 Å². The molecule has 5 heteroatoms. The molecule has 4 nitrogen and oxygen atoms in total. The maximum absolute atomic E-state index is 5.80. The van der Waals surface area contributed by atoms with Crippen LogP contribution in [0.4, 0.5) is 5.82 Å². The first-order chi connectivity index (χ1) is 10.5. The Kier molecular flexibility index (Phi) is 5.72. The van der Waals surface area contributed by atoms with E-state index in [4.69, 9.17) is 17.0 Å². The molecule has 0 spiro atoms. The molecule has 0 amide bonds. The fourth-order valence-corrected chi connectivity index (χ4v) is 2.26. The molecule has 0 saturated carbocycles. The number of anilines is 1. The number of hydrogen-bond donors (Lipinski definition) is 2. The minimum absolute atomic E-state index is 0.0874. The Balaban J connectivity index is 1.80. The van der Waals surface area contributed by atoms with Gasteiger partial charge in [-0.2, -0.15) is 0 Å². The van der Waals surface area contributed by atoms with Crippen LogP contribution in [0.5, 0.6) is 5.75 Å². The summed E-state index contributed by atoms with van der Waals surface area (Å²) in [4.78, 5) is 4.22. The highest BCUT2D eigenvalue weighted by atomic mass is 32.1. The summed E-state index contributed by atoms with van der Waals surface area (Å²) in [6, 6.07) is 11.9. The van der Waals surface area contributed by atoms with E-state index in [0.717, 1.165) is 22.7 Å². The Labute approximate surface area is 136 Å². The SMILES string of the molecule is Cc1ccnc(NC(=S)N[C@@H](C)COc2ccccc2C)c1. The summed E-state index contributed by atoms with van der Waals surface area (Å²) in [5.41, 5.74) is 2.26. The highest BCUT2D eigenvalue weighted by Crippen LogP contribution is 2.16. The second kappa shape index (κ2) is 7.75. The molecule has 0 saturated heterocycles. The highest BCUT2D eigenvalue weighted by Gasteiger charge is 2.07. The van der Waals surface area contributed by atoms with E-state index in [1.165, 1.54) is 0 Å². The molecular formula is C17H21N3OS. The molecule has 0 aliphatic carbocycles. The lowest BCUT2D eigenvalue weighted by Crippen LogP contribution is -2.39. The molecule has 0 radical (unpaired) electrons. The van der Waals surface area contributed by atoms with Gasteiger partial charge in [-0.15, -0.1) is 0 Å². The minimum atomic E-state index is 0.0874. The number of aryl methyl sites for hydroxylation is 2. The van der Waals surface area contributed by atoms with Crippen molar-refractivity contribution in [1.82, 2.24) is 10.3 Å². The Morgan fingerprint density at radius 1 is 1.27 bits per heavy atom. The lowest BCUT2D eigenvalue weighted by atomic mass is 10.2. The summed E-state index contributed by atoms with van der Waals surface area (Å²) in [6.07, 6.45) is 1.75. The Morgan fingerprint density at radius 3 is 2.77 bits per heavy atom. The van der Waals surface area contributed by atoms with Crippen molar-refractivity contribution >= 4 is 23.1 Å². The van der Waals surface area contributed by atoms with E-state index in [1.54, 1.807) is 6.20 Å². The molecule has 1 atom stereocenters. The Morgan fingerprint density at radius 2 is 2.05 bits per heavy atom. The van der Waals surface area contributed by atoms with Crippen molar-refractivity contribution in [3.05, 3.63) is 53.7 Å². The third-order valence-electron chi connectivity index (χ3n) is 3.12. The van der Waals surface area contributed by atoms with Crippen molar-refractivity contribution in [1.29, 1.82) is 0 Å². The van der Waals surface area contributed by atoms with Gasteiger partial charge in [-0.05, 0) is 62.3 Å². The zero-order valence-electron chi connectivity index (χ0n) is 13.1. The van der Waals surface area contributed by atoms with Gasteiger partial charge in [0, 0.05) is 6.20 Å². The monoisotopic (exact) mass is 315 g/mol. The highest BCUT2D eigenvalue weighted by molar-refractivity contribution is 7.80. The number of pyridine rings is 1. The molecule has 1 aromatic carbocycles. The van der Waals surface area contributed by atoms with Gasteiger partial charge in [0.15, 0.2) is 5.11 Å². The third-order valence-corrected chi connectivity index (χ3v) is 3.34. The van der Waals surface area contributed by atoms with Gasteiger partial charge in [-0.25, -0.2) is 4.98 Å².